The molecule has 0 bridgehead atoms. The van der Waals surface area contributed by atoms with Gasteiger partial charge in [-0.05, 0) is 50.7 Å². The predicted molar refractivity (Wildman–Crippen MR) is 132 cm³/mol. The largest absolute Gasteiger partial charge is 0.372 e. The molecule has 2 heterocycles. The normalized spacial score (nSPS) is 15.5. The van der Waals surface area contributed by atoms with Crippen molar-refractivity contribution in [1.82, 2.24) is 19.8 Å². The molecular weight excluding hydrogens is 440 g/mol. The maximum Gasteiger partial charge on any atom is 0.253 e. The Hall–Kier alpha value is -2.97. The lowest BCUT2D eigenvalue weighted by atomic mass is 10.0. The standard InChI is InChI=1S/C24H31ClN6O2/c1-5-23(32)28-20-7-6-18(13-21(20)30(4)11-10-29(2)3)24(33)31-9-8-17(16-31)12-22-26-14-19(25)15-27-22/h5-7,13-15,17H,1,8-12,16H2,2-4H3,(H,28,32)/t17-/m0/s1. The van der Waals surface area contributed by atoms with Gasteiger partial charge in [0.1, 0.15) is 5.82 Å². The molecule has 2 aromatic rings. The number of hydrogen-bond donors (Lipinski definition) is 1. The van der Waals surface area contributed by atoms with Crippen LogP contribution < -0.4 is 10.2 Å². The van der Waals surface area contributed by atoms with Gasteiger partial charge in [0.15, 0.2) is 0 Å². The van der Waals surface area contributed by atoms with Crippen molar-refractivity contribution in [3.8, 4) is 0 Å². The first-order valence-corrected chi connectivity index (χ1v) is 11.3. The highest BCUT2D eigenvalue weighted by Gasteiger charge is 2.28. The molecule has 8 nitrogen and oxygen atoms in total. The maximum absolute atomic E-state index is 13.3. The molecule has 1 aliphatic rings. The van der Waals surface area contributed by atoms with Gasteiger partial charge in [0, 0.05) is 57.6 Å². The molecule has 0 radical (unpaired) electrons. The van der Waals surface area contributed by atoms with Crippen LogP contribution in [-0.2, 0) is 11.2 Å². The molecule has 0 aliphatic carbocycles. The van der Waals surface area contributed by atoms with Crippen LogP contribution in [0.5, 0.6) is 0 Å². The molecule has 1 atom stereocenters. The summed E-state index contributed by atoms with van der Waals surface area (Å²) < 4.78 is 0. The number of halogens is 1. The number of aromatic nitrogens is 2. The van der Waals surface area contributed by atoms with E-state index in [-0.39, 0.29) is 11.8 Å². The molecule has 176 valence electrons. The van der Waals surface area contributed by atoms with Crippen LogP contribution >= 0.6 is 11.6 Å². The fourth-order valence-corrected chi connectivity index (χ4v) is 3.91. The summed E-state index contributed by atoms with van der Waals surface area (Å²) in [4.78, 5) is 39.7. The molecule has 1 N–H and O–H groups in total. The summed E-state index contributed by atoms with van der Waals surface area (Å²) in [5.41, 5.74) is 2.04. The van der Waals surface area contributed by atoms with Crippen molar-refractivity contribution >= 4 is 34.8 Å². The van der Waals surface area contributed by atoms with E-state index in [4.69, 9.17) is 11.6 Å². The lowest BCUT2D eigenvalue weighted by Crippen LogP contribution is -2.31. The van der Waals surface area contributed by atoms with Gasteiger partial charge in [-0.25, -0.2) is 9.97 Å². The molecule has 1 aromatic heterocycles. The van der Waals surface area contributed by atoms with Crippen molar-refractivity contribution in [2.75, 3.05) is 57.5 Å². The maximum atomic E-state index is 13.3. The number of carbonyl (C=O) groups is 2. The summed E-state index contributed by atoms with van der Waals surface area (Å²) in [5, 5.41) is 3.36. The Morgan fingerprint density at radius 1 is 1.24 bits per heavy atom. The van der Waals surface area contributed by atoms with E-state index in [1.807, 2.05) is 37.0 Å². The third-order valence-electron chi connectivity index (χ3n) is 5.70. The van der Waals surface area contributed by atoms with E-state index in [0.29, 0.717) is 41.7 Å². The fraction of sp³-hybridized carbons (Fsp3) is 0.417. The van der Waals surface area contributed by atoms with E-state index in [9.17, 15) is 9.59 Å². The quantitative estimate of drug-likeness (QED) is 0.567. The first kappa shape index (κ1) is 24.7. The Balaban J connectivity index is 1.73. The van der Waals surface area contributed by atoms with E-state index in [1.54, 1.807) is 24.5 Å². The molecule has 1 aliphatic heterocycles. The molecule has 1 aromatic carbocycles. The minimum absolute atomic E-state index is 0.0154. The Labute approximate surface area is 200 Å². The van der Waals surface area contributed by atoms with Crippen LogP contribution in [0.25, 0.3) is 0 Å². The second kappa shape index (κ2) is 11.2. The Morgan fingerprint density at radius 3 is 2.64 bits per heavy atom. The number of likely N-dealkylation sites (N-methyl/N-ethyl adjacent to an activating group) is 2. The summed E-state index contributed by atoms with van der Waals surface area (Å²) in [6.45, 7) is 6.45. The lowest BCUT2D eigenvalue weighted by Gasteiger charge is -2.25. The number of hydrogen-bond acceptors (Lipinski definition) is 6. The monoisotopic (exact) mass is 470 g/mol. The van der Waals surface area contributed by atoms with Crippen LogP contribution in [-0.4, -0.2) is 78.9 Å². The van der Waals surface area contributed by atoms with Crippen molar-refractivity contribution in [2.45, 2.75) is 12.8 Å². The van der Waals surface area contributed by atoms with Gasteiger partial charge in [-0.1, -0.05) is 18.2 Å². The molecule has 9 heteroatoms. The van der Waals surface area contributed by atoms with Crippen LogP contribution in [0, 0.1) is 5.92 Å². The summed E-state index contributed by atoms with van der Waals surface area (Å²) in [5.74, 6) is 0.746. The van der Waals surface area contributed by atoms with Crippen LogP contribution in [0.2, 0.25) is 5.02 Å². The zero-order valence-electron chi connectivity index (χ0n) is 19.4. The van der Waals surface area contributed by atoms with Crippen molar-refractivity contribution in [3.05, 3.63) is 59.7 Å². The zero-order chi connectivity index (χ0) is 24.0. The number of likely N-dealkylation sites (tertiary alicyclic amines) is 1. The Morgan fingerprint density at radius 2 is 1.97 bits per heavy atom. The summed E-state index contributed by atoms with van der Waals surface area (Å²) in [6, 6.07) is 5.40. The van der Waals surface area contributed by atoms with Crippen molar-refractivity contribution in [1.29, 1.82) is 0 Å². The highest BCUT2D eigenvalue weighted by atomic mass is 35.5. The van der Waals surface area contributed by atoms with Gasteiger partial charge in [0.25, 0.3) is 5.91 Å². The number of nitrogens with one attached hydrogen (secondary N) is 1. The van der Waals surface area contributed by atoms with E-state index in [2.05, 4.69) is 26.8 Å². The van der Waals surface area contributed by atoms with Crippen molar-refractivity contribution in [2.24, 2.45) is 5.92 Å². The number of nitrogens with zero attached hydrogens (tertiary/aromatic N) is 5. The number of amides is 2. The van der Waals surface area contributed by atoms with Gasteiger partial charge in [-0.3, -0.25) is 9.59 Å². The van der Waals surface area contributed by atoms with Gasteiger partial charge >= 0.3 is 0 Å². The number of carbonyl (C=O) groups excluding carboxylic acids is 2. The Bertz CT molecular complexity index is 995. The smallest absolute Gasteiger partial charge is 0.253 e. The van der Waals surface area contributed by atoms with Gasteiger partial charge in [0.2, 0.25) is 5.91 Å². The topological polar surface area (TPSA) is 81.7 Å². The van der Waals surface area contributed by atoms with Crippen LogP contribution in [0.1, 0.15) is 22.6 Å². The minimum atomic E-state index is -0.289. The van der Waals surface area contributed by atoms with Crippen molar-refractivity contribution < 1.29 is 9.59 Å². The molecule has 0 unspecified atom stereocenters. The molecule has 0 saturated carbocycles. The predicted octanol–water partition coefficient (Wildman–Crippen LogP) is 2.96. The van der Waals surface area contributed by atoms with Gasteiger partial charge in [-0.2, -0.15) is 0 Å². The Kier molecular flexibility index (Phi) is 8.41. The molecule has 1 fully saturated rings. The second-order valence-electron chi connectivity index (χ2n) is 8.58. The first-order valence-electron chi connectivity index (χ1n) is 11.0. The second-order valence-corrected chi connectivity index (χ2v) is 9.01. The summed E-state index contributed by atoms with van der Waals surface area (Å²) in [6.07, 6.45) is 6.05. The van der Waals surface area contributed by atoms with E-state index in [1.165, 1.54) is 6.08 Å². The van der Waals surface area contributed by atoms with E-state index >= 15 is 0 Å². The van der Waals surface area contributed by atoms with Gasteiger partial charge < -0.3 is 20.0 Å². The van der Waals surface area contributed by atoms with Gasteiger partial charge in [0.05, 0.1) is 16.4 Å². The van der Waals surface area contributed by atoms with Crippen LogP contribution in [0.15, 0.2) is 43.2 Å². The fourth-order valence-electron chi connectivity index (χ4n) is 3.81. The third kappa shape index (κ3) is 6.76. The number of benzene rings is 1. The summed E-state index contributed by atoms with van der Waals surface area (Å²) in [7, 11) is 5.97. The molecular formula is C24H31ClN6O2. The minimum Gasteiger partial charge on any atom is -0.372 e. The third-order valence-corrected chi connectivity index (χ3v) is 5.90. The number of anilines is 2. The van der Waals surface area contributed by atoms with Crippen LogP contribution in [0.4, 0.5) is 11.4 Å². The van der Waals surface area contributed by atoms with Crippen molar-refractivity contribution in [3.63, 3.8) is 0 Å². The first-order chi connectivity index (χ1) is 15.8. The summed E-state index contributed by atoms with van der Waals surface area (Å²) >= 11 is 5.87. The average Bonchev–Trinajstić information content (AvgIpc) is 3.27. The average molecular weight is 471 g/mol. The highest BCUT2D eigenvalue weighted by Crippen LogP contribution is 2.29. The number of rotatable bonds is 9. The molecule has 2 amide bonds. The lowest BCUT2D eigenvalue weighted by molar-refractivity contribution is -0.111. The van der Waals surface area contributed by atoms with E-state index < -0.39 is 0 Å². The van der Waals surface area contributed by atoms with E-state index in [0.717, 1.165) is 31.0 Å². The van der Waals surface area contributed by atoms with Gasteiger partial charge in [-0.15, -0.1) is 0 Å². The SMILES string of the molecule is C=CC(=O)Nc1ccc(C(=O)N2CC[C@@H](Cc3ncc(Cl)cn3)C2)cc1N(C)CCN(C)C. The molecule has 33 heavy (non-hydrogen) atoms. The molecule has 3 rings (SSSR count). The van der Waals surface area contributed by atoms with Crippen LogP contribution in [0.3, 0.4) is 0 Å². The highest BCUT2D eigenvalue weighted by molar-refractivity contribution is 6.30. The zero-order valence-corrected chi connectivity index (χ0v) is 20.2. The molecule has 1 saturated heterocycles. The molecule has 0 spiro atoms.